The second-order valence-corrected chi connectivity index (χ2v) is 6.68. The minimum absolute atomic E-state index is 0.159. The summed E-state index contributed by atoms with van der Waals surface area (Å²) in [5.41, 5.74) is 1.90. The molecule has 0 aliphatic rings. The Kier molecular flexibility index (Phi) is 5.83. The quantitative estimate of drug-likeness (QED) is 0.637. The molecule has 6 heteroatoms. The molecule has 2 rings (SSSR count). The number of carbonyl (C=O) groups is 2. The number of aromatic nitrogens is 1. The van der Waals surface area contributed by atoms with Gasteiger partial charge >= 0.3 is 0 Å². The van der Waals surface area contributed by atoms with Crippen LogP contribution in [0, 0.1) is 24.2 Å². The maximum Gasteiger partial charge on any atom is 0.249 e. The number of hydrogen-bond acceptors (Lipinski definition) is 5. The van der Waals surface area contributed by atoms with Crippen LogP contribution in [-0.2, 0) is 4.79 Å². The van der Waals surface area contributed by atoms with Crippen LogP contribution in [0.3, 0.4) is 0 Å². The van der Waals surface area contributed by atoms with Gasteiger partial charge < -0.3 is 5.32 Å². The largest absolute Gasteiger partial charge is 0.325 e. The highest BCUT2D eigenvalue weighted by atomic mass is 32.1. The van der Waals surface area contributed by atoms with Gasteiger partial charge in [-0.1, -0.05) is 26.0 Å². The number of nitrogens with one attached hydrogen (secondary N) is 1. The zero-order valence-electron chi connectivity index (χ0n) is 13.9. The van der Waals surface area contributed by atoms with Crippen LogP contribution in [0.4, 0.5) is 5.69 Å². The van der Waals surface area contributed by atoms with Crippen molar-refractivity contribution in [3.05, 3.63) is 46.5 Å². The Balaban J connectivity index is 2.09. The number of anilines is 1. The third-order valence-electron chi connectivity index (χ3n) is 3.89. The van der Waals surface area contributed by atoms with E-state index < -0.39 is 17.6 Å². The smallest absolute Gasteiger partial charge is 0.249 e. The monoisotopic (exact) mass is 341 g/mol. The van der Waals surface area contributed by atoms with Gasteiger partial charge in [-0.3, -0.25) is 9.59 Å². The second kappa shape index (κ2) is 7.84. The van der Waals surface area contributed by atoms with Gasteiger partial charge in [-0.05, 0) is 54.6 Å². The van der Waals surface area contributed by atoms with E-state index >= 15 is 0 Å². The lowest BCUT2D eigenvalue weighted by molar-refractivity contribution is -0.117. The summed E-state index contributed by atoms with van der Waals surface area (Å²) in [4.78, 5) is 25.4. The lowest BCUT2D eigenvalue weighted by atomic mass is 9.98. The number of amides is 1. The molecule has 0 fully saturated rings. The molecular weight excluding hydrogens is 322 g/mol. The van der Waals surface area contributed by atoms with Crippen molar-refractivity contribution in [3.8, 4) is 6.07 Å². The second-order valence-electron chi connectivity index (χ2n) is 5.67. The Hall–Kier alpha value is -2.52. The highest BCUT2D eigenvalue weighted by Crippen LogP contribution is 2.21. The van der Waals surface area contributed by atoms with Crippen LogP contribution >= 0.6 is 11.5 Å². The van der Waals surface area contributed by atoms with Crippen LogP contribution < -0.4 is 5.32 Å². The average Bonchev–Trinajstić information content (AvgIpc) is 3.02. The molecule has 0 saturated carbocycles. The van der Waals surface area contributed by atoms with E-state index in [0.29, 0.717) is 11.6 Å². The van der Waals surface area contributed by atoms with Crippen LogP contribution in [0.5, 0.6) is 0 Å². The van der Waals surface area contributed by atoms with E-state index in [4.69, 9.17) is 0 Å². The van der Waals surface area contributed by atoms with Crippen molar-refractivity contribution in [1.82, 2.24) is 4.37 Å². The van der Waals surface area contributed by atoms with Crippen LogP contribution in [-0.4, -0.2) is 16.1 Å². The SMILES string of the molecule is CCC(C)c1ccc(NC(=O)C(C#N)C(=O)c2cc(C)sn2)cc1. The van der Waals surface area contributed by atoms with Gasteiger partial charge in [-0.15, -0.1) is 0 Å². The molecule has 1 heterocycles. The molecule has 0 bridgehead atoms. The Labute approximate surface area is 145 Å². The number of rotatable bonds is 6. The number of carbonyl (C=O) groups excluding carboxylic acids is 2. The predicted octanol–water partition coefficient (Wildman–Crippen LogP) is 3.93. The third-order valence-corrected chi connectivity index (χ3v) is 4.59. The minimum atomic E-state index is -1.40. The summed E-state index contributed by atoms with van der Waals surface area (Å²) >= 11 is 1.17. The van der Waals surface area contributed by atoms with Gasteiger partial charge in [0.05, 0.1) is 6.07 Å². The number of nitrogens with zero attached hydrogens (tertiary/aromatic N) is 2. The van der Waals surface area contributed by atoms with Crippen molar-refractivity contribution >= 4 is 28.9 Å². The summed E-state index contributed by atoms with van der Waals surface area (Å²) in [7, 11) is 0. The summed E-state index contributed by atoms with van der Waals surface area (Å²) in [6.45, 7) is 6.06. The van der Waals surface area contributed by atoms with E-state index in [-0.39, 0.29) is 5.69 Å². The molecule has 5 nitrogen and oxygen atoms in total. The Morgan fingerprint density at radius 2 is 2.00 bits per heavy atom. The fourth-order valence-corrected chi connectivity index (χ4v) is 2.76. The van der Waals surface area contributed by atoms with Crippen molar-refractivity contribution < 1.29 is 9.59 Å². The summed E-state index contributed by atoms with van der Waals surface area (Å²) in [5.74, 6) is -2.17. The standard InChI is InChI=1S/C18H19N3O2S/c1-4-11(2)13-5-7-14(8-6-13)20-18(23)15(10-19)17(22)16-9-12(3)24-21-16/h5-9,11,15H,4H2,1-3H3,(H,20,23). The zero-order valence-corrected chi connectivity index (χ0v) is 14.7. The van der Waals surface area contributed by atoms with E-state index in [1.54, 1.807) is 24.3 Å². The highest BCUT2D eigenvalue weighted by Gasteiger charge is 2.29. The number of aryl methyl sites for hydroxylation is 1. The number of benzene rings is 1. The fraction of sp³-hybridized carbons (Fsp3) is 0.333. The van der Waals surface area contributed by atoms with Crippen molar-refractivity contribution in [3.63, 3.8) is 0 Å². The lowest BCUT2D eigenvalue weighted by Gasteiger charge is -2.11. The molecule has 1 N–H and O–H groups in total. The molecule has 0 saturated heterocycles. The first-order valence-electron chi connectivity index (χ1n) is 7.74. The molecule has 2 unspecified atom stereocenters. The fourth-order valence-electron chi connectivity index (χ4n) is 2.21. The van der Waals surface area contributed by atoms with Crippen LogP contribution in [0.2, 0.25) is 0 Å². The molecule has 1 aromatic carbocycles. The topological polar surface area (TPSA) is 82.9 Å². The number of hydrogen-bond donors (Lipinski definition) is 1. The molecule has 0 radical (unpaired) electrons. The molecule has 124 valence electrons. The first-order chi connectivity index (χ1) is 11.5. The Morgan fingerprint density at radius 3 is 2.50 bits per heavy atom. The maximum absolute atomic E-state index is 12.3. The van der Waals surface area contributed by atoms with Crippen LogP contribution in [0.25, 0.3) is 0 Å². The van der Waals surface area contributed by atoms with E-state index in [1.165, 1.54) is 17.1 Å². The van der Waals surface area contributed by atoms with Gasteiger partial charge in [-0.2, -0.15) is 9.64 Å². The highest BCUT2D eigenvalue weighted by molar-refractivity contribution is 7.05. The molecule has 2 atom stereocenters. The van der Waals surface area contributed by atoms with E-state index in [0.717, 1.165) is 11.3 Å². The molecule has 2 aromatic rings. The van der Waals surface area contributed by atoms with E-state index in [1.807, 2.05) is 19.1 Å². The lowest BCUT2D eigenvalue weighted by Crippen LogP contribution is -2.28. The molecule has 24 heavy (non-hydrogen) atoms. The van der Waals surface area contributed by atoms with Gasteiger partial charge in [0, 0.05) is 10.6 Å². The van der Waals surface area contributed by atoms with Crippen LogP contribution in [0.1, 0.15) is 47.1 Å². The molecule has 0 spiro atoms. The molecule has 1 aromatic heterocycles. The molecular formula is C18H19N3O2S. The Bertz CT molecular complexity index is 774. The minimum Gasteiger partial charge on any atom is -0.325 e. The van der Waals surface area contributed by atoms with Gasteiger partial charge in [0.1, 0.15) is 5.69 Å². The van der Waals surface area contributed by atoms with Gasteiger partial charge in [0.2, 0.25) is 11.7 Å². The summed E-state index contributed by atoms with van der Waals surface area (Å²) in [6.07, 6.45) is 1.03. The summed E-state index contributed by atoms with van der Waals surface area (Å²) in [6, 6.07) is 10.8. The Morgan fingerprint density at radius 1 is 1.33 bits per heavy atom. The number of nitriles is 1. The van der Waals surface area contributed by atoms with Gasteiger partial charge in [0.25, 0.3) is 0 Å². The van der Waals surface area contributed by atoms with Crippen molar-refractivity contribution in [2.45, 2.75) is 33.1 Å². The van der Waals surface area contributed by atoms with Crippen molar-refractivity contribution in [1.29, 1.82) is 5.26 Å². The first-order valence-corrected chi connectivity index (χ1v) is 8.51. The maximum atomic E-state index is 12.3. The predicted molar refractivity (Wildman–Crippen MR) is 94.1 cm³/mol. The molecule has 0 aliphatic heterocycles. The van der Waals surface area contributed by atoms with E-state index in [2.05, 4.69) is 23.5 Å². The third kappa shape index (κ3) is 4.06. The van der Waals surface area contributed by atoms with E-state index in [9.17, 15) is 14.9 Å². The molecule has 0 aliphatic carbocycles. The summed E-state index contributed by atoms with van der Waals surface area (Å²) < 4.78 is 3.98. The van der Waals surface area contributed by atoms with Crippen molar-refractivity contribution in [2.75, 3.05) is 5.32 Å². The van der Waals surface area contributed by atoms with Crippen LogP contribution in [0.15, 0.2) is 30.3 Å². The normalized spacial score (nSPS) is 12.9. The van der Waals surface area contributed by atoms with Gasteiger partial charge in [0.15, 0.2) is 5.92 Å². The first kappa shape index (κ1) is 17.8. The average molecular weight is 341 g/mol. The van der Waals surface area contributed by atoms with Gasteiger partial charge in [-0.25, -0.2) is 0 Å². The summed E-state index contributed by atoms with van der Waals surface area (Å²) in [5, 5.41) is 11.8. The zero-order chi connectivity index (χ0) is 17.7. The molecule has 1 amide bonds. The van der Waals surface area contributed by atoms with Crippen molar-refractivity contribution in [2.24, 2.45) is 5.92 Å². The number of Topliss-reactive ketones (excluding diaryl/α,β-unsaturated/α-hetero) is 1. The number of ketones is 1.